The second-order valence-electron chi connectivity index (χ2n) is 2.88. The van der Waals surface area contributed by atoms with Crippen molar-refractivity contribution in [3.63, 3.8) is 0 Å². The van der Waals surface area contributed by atoms with Gasteiger partial charge in [-0.15, -0.1) is 5.10 Å². The minimum atomic E-state index is 0.189. The Morgan fingerprint density at radius 1 is 1.31 bits per heavy atom. The number of fused-ring (bicyclic) bond motifs is 1. The molecule has 4 heteroatoms. The Morgan fingerprint density at radius 2 is 2.15 bits per heavy atom. The van der Waals surface area contributed by atoms with Crippen molar-refractivity contribution in [2.75, 3.05) is 6.61 Å². The number of hydrogen-bond acceptors (Lipinski definition) is 3. The van der Waals surface area contributed by atoms with Gasteiger partial charge in [0.1, 0.15) is 5.52 Å². The molecular weight excluding hydrogens is 166 g/mol. The number of aliphatic hydroxyl groups excluding tert-OH is 1. The Bertz CT molecular complexity index is 396. The molecule has 1 aromatic carbocycles. The van der Waals surface area contributed by atoms with Crippen molar-refractivity contribution in [2.24, 2.45) is 0 Å². The molecule has 1 aromatic heterocycles. The second-order valence-corrected chi connectivity index (χ2v) is 2.88. The third-order valence-electron chi connectivity index (χ3n) is 1.95. The standard InChI is InChI=1S/C9H11N3O/c13-7-3-6-12-9-5-2-1-4-8(9)10-11-12/h1-2,4-5,13H,3,6-7H2. The summed E-state index contributed by atoms with van der Waals surface area (Å²) in [6.45, 7) is 0.908. The molecule has 0 saturated carbocycles. The lowest BCUT2D eigenvalue weighted by molar-refractivity contribution is 0.277. The molecule has 13 heavy (non-hydrogen) atoms. The highest BCUT2D eigenvalue weighted by Crippen LogP contribution is 2.09. The van der Waals surface area contributed by atoms with E-state index in [0.717, 1.165) is 17.6 Å². The zero-order valence-corrected chi connectivity index (χ0v) is 7.22. The number of hydrogen-bond donors (Lipinski definition) is 1. The molecule has 0 radical (unpaired) electrons. The van der Waals surface area contributed by atoms with Crippen molar-refractivity contribution in [3.05, 3.63) is 24.3 Å². The summed E-state index contributed by atoms with van der Waals surface area (Å²) in [6, 6.07) is 7.80. The van der Waals surface area contributed by atoms with Gasteiger partial charge < -0.3 is 5.11 Å². The molecule has 0 bridgehead atoms. The van der Waals surface area contributed by atoms with Crippen LogP contribution in [-0.4, -0.2) is 26.7 Å². The van der Waals surface area contributed by atoms with Gasteiger partial charge in [0, 0.05) is 13.2 Å². The molecule has 2 aromatic rings. The lowest BCUT2D eigenvalue weighted by Crippen LogP contribution is -2.01. The molecule has 0 spiro atoms. The van der Waals surface area contributed by atoms with Gasteiger partial charge in [-0.05, 0) is 18.6 Å². The Labute approximate surface area is 75.8 Å². The summed E-state index contributed by atoms with van der Waals surface area (Å²) in [5.41, 5.74) is 1.93. The van der Waals surface area contributed by atoms with E-state index in [9.17, 15) is 0 Å². The van der Waals surface area contributed by atoms with Crippen LogP contribution in [0.1, 0.15) is 6.42 Å². The van der Waals surface area contributed by atoms with Crippen LogP contribution in [-0.2, 0) is 6.54 Å². The van der Waals surface area contributed by atoms with Gasteiger partial charge in [0.15, 0.2) is 0 Å². The molecule has 1 heterocycles. The van der Waals surface area contributed by atoms with Gasteiger partial charge >= 0.3 is 0 Å². The average molecular weight is 177 g/mol. The first kappa shape index (κ1) is 8.19. The predicted molar refractivity (Wildman–Crippen MR) is 49.2 cm³/mol. The smallest absolute Gasteiger partial charge is 0.113 e. The SMILES string of the molecule is OCCCn1nnc2ccccc21. The second kappa shape index (κ2) is 3.53. The number of rotatable bonds is 3. The van der Waals surface area contributed by atoms with Crippen LogP contribution in [0.2, 0.25) is 0 Å². The molecule has 2 rings (SSSR count). The highest BCUT2D eigenvalue weighted by Gasteiger charge is 2.01. The maximum Gasteiger partial charge on any atom is 0.113 e. The normalized spacial score (nSPS) is 10.8. The minimum Gasteiger partial charge on any atom is -0.396 e. The molecule has 1 N–H and O–H groups in total. The zero-order valence-electron chi connectivity index (χ0n) is 7.22. The maximum absolute atomic E-state index is 8.68. The summed E-state index contributed by atoms with van der Waals surface area (Å²) >= 11 is 0. The number of aliphatic hydroxyl groups is 1. The first-order chi connectivity index (χ1) is 6.42. The van der Waals surface area contributed by atoms with E-state index in [0.29, 0.717) is 6.42 Å². The van der Waals surface area contributed by atoms with Crippen LogP contribution in [0, 0.1) is 0 Å². The summed E-state index contributed by atoms with van der Waals surface area (Å²) in [6.07, 6.45) is 0.716. The Morgan fingerprint density at radius 3 is 3.00 bits per heavy atom. The fourth-order valence-corrected chi connectivity index (χ4v) is 1.30. The Hall–Kier alpha value is -1.42. The summed E-state index contributed by atoms with van der Waals surface area (Å²) < 4.78 is 1.81. The van der Waals surface area contributed by atoms with Gasteiger partial charge in [-0.3, -0.25) is 0 Å². The highest BCUT2D eigenvalue weighted by atomic mass is 16.3. The Kier molecular flexibility index (Phi) is 2.23. The fraction of sp³-hybridized carbons (Fsp3) is 0.333. The molecule has 0 saturated heterocycles. The molecule has 0 unspecified atom stereocenters. The van der Waals surface area contributed by atoms with Gasteiger partial charge in [0.25, 0.3) is 0 Å². The first-order valence-corrected chi connectivity index (χ1v) is 4.31. The van der Waals surface area contributed by atoms with Gasteiger partial charge in [0.2, 0.25) is 0 Å². The molecule has 0 fully saturated rings. The summed E-state index contributed by atoms with van der Waals surface area (Å²) in [5, 5.41) is 16.7. The van der Waals surface area contributed by atoms with Crippen LogP contribution in [0.4, 0.5) is 0 Å². The topological polar surface area (TPSA) is 50.9 Å². The van der Waals surface area contributed by atoms with Crippen LogP contribution >= 0.6 is 0 Å². The summed E-state index contributed by atoms with van der Waals surface area (Å²) in [7, 11) is 0. The van der Waals surface area contributed by atoms with E-state index in [1.807, 2.05) is 28.9 Å². The van der Waals surface area contributed by atoms with Gasteiger partial charge in [-0.2, -0.15) is 0 Å². The van der Waals surface area contributed by atoms with Crippen LogP contribution in [0.25, 0.3) is 11.0 Å². The number of aryl methyl sites for hydroxylation is 1. The number of aromatic nitrogens is 3. The van der Waals surface area contributed by atoms with E-state index in [-0.39, 0.29) is 6.61 Å². The molecule has 4 nitrogen and oxygen atoms in total. The average Bonchev–Trinajstić information content (AvgIpc) is 2.58. The van der Waals surface area contributed by atoms with Crippen molar-refractivity contribution in [1.82, 2.24) is 15.0 Å². The predicted octanol–water partition coefficient (Wildman–Crippen LogP) is 0.814. The monoisotopic (exact) mass is 177 g/mol. The molecule has 0 aliphatic heterocycles. The van der Waals surface area contributed by atoms with E-state index in [4.69, 9.17) is 5.11 Å². The lowest BCUT2D eigenvalue weighted by atomic mass is 10.3. The summed E-state index contributed by atoms with van der Waals surface area (Å²) in [4.78, 5) is 0. The highest BCUT2D eigenvalue weighted by molar-refractivity contribution is 5.73. The number of benzene rings is 1. The third-order valence-corrected chi connectivity index (χ3v) is 1.95. The molecule has 0 atom stereocenters. The van der Waals surface area contributed by atoms with Crippen molar-refractivity contribution in [1.29, 1.82) is 0 Å². The number of nitrogens with zero attached hydrogens (tertiary/aromatic N) is 3. The summed E-state index contributed by atoms with van der Waals surface area (Å²) in [5.74, 6) is 0. The largest absolute Gasteiger partial charge is 0.396 e. The quantitative estimate of drug-likeness (QED) is 0.754. The van der Waals surface area contributed by atoms with E-state index in [1.165, 1.54) is 0 Å². The lowest BCUT2D eigenvalue weighted by Gasteiger charge is -1.98. The van der Waals surface area contributed by atoms with Crippen LogP contribution < -0.4 is 0 Å². The molecule has 0 aliphatic rings. The van der Waals surface area contributed by atoms with Crippen molar-refractivity contribution in [2.45, 2.75) is 13.0 Å². The molecular formula is C9H11N3O. The zero-order chi connectivity index (χ0) is 9.10. The van der Waals surface area contributed by atoms with Crippen molar-refractivity contribution in [3.8, 4) is 0 Å². The molecule has 0 aliphatic carbocycles. The van der Waals surface area contributed by atoms with Crippen LogP contribution in [0.5, 0.6) is 0 Å². The van der Waals surface area contributed by atoms with Gasteiger partial charge in [-0.25, -0.2) is 4.68 Å². The van der Waals surface area contributed by atoms with Crippen LogP contribution in [0.3, 0.4) is 0 Å². The van der Waals surface area contributed by atoms with Gasteiger partial charge in [-0.1, -0.05) is 17.3 Å². The van der Waals surface area contributed by atoms with E-state index in [2.05, 4.69) is 10.3 Å². The minimum absolute atomic E-state index is 0.189. The molecule has 0 amide bonds. The van der Waals surface area contributed by atoms with Gasteiger partial charge in [0.05, 0.1) is 5.52 Å². The van der Waals surface area contributed by atoms with Crippen molar-refractivity contribution < 1.29 is 5.11 Å². The van der Waals surface area contributed by atoms with E-state index < -0.39 is 0 Å². The number of para-hydroxylation sites is 1. The van der Waals surface area contributed by atoms with Crippen molar-refractivity contribution >= 4 is 11.0 Å². The first-order valence-electron chi connectivity index (χ1n) is 4.31. The Balaban J connectivity index is 2.35. The van der Waals surface area contributed by atoms with Crippen LogP contribution in [0.15, 0.2) is 24.3 Å². The molecule has 68 valence electrons. The third kappa shape index (κ3) is 1.53. The maximum atomic E-state index is 8.68. The fourth-order valence-electron chi connectivity index (χ4n) is 1.30. The van der Waals surface area contributed by atoms with E-state index >= 15 is 0 Å². The van der Waals surface area contributed by atoms with E-state index in [1.54, 1.807) is 0 Å².